The third-order valence-corrected chi connectivity index (χ3v) is 3.20. The number of nitrogens with zero attached hydrogens (tertiary/aromatic N) is 1. The van der Waals surface area contributed by atoms with Gasteiger partial charge in [0.2, 0.25) is 0 Å². The van der Waals surface area contributed by atoms with Crippen LogP contribution in [0.1, 0.15) is 40.5 Å². The molecule has 0 aromatic rings. The molecule has 3 atom stereocenters. The molecule has 0 aromatic heterocycles. The summed E-state index contributed by atoms with van der Waals surface area (Å²) < 4.78 is 0. The second-order valence-electron chi connectivity index (χ2n) is 5.12. The normalized spacial score (nSPS) is 40.4. The van der Waals surface area contributed by atoms with Crippen LogP contribution in [0.2, 0.25) is 0 Å². The summed E-state index contributed by atoms with van der Waals surface area (Å²) in [6.45, 7) is 8.97. The lowest BCUT2D eigenvalue weighted by Crippen LogP contribution is -2.35. The first-order valence-electron chi connectivity index (χ1n) is 4.87. The monoisotopic (exact) mass is 165 g/mol. The minimum atomic E-state index is 0.228. The molecule has 1 heteroatoms. The zero-order valence-electron chi connectivity index (χ0n) is 8.59. The minimum absolute atomic E-state index is 0.228. The molecule has 1 aliphatic rings. The molecule has 0 spiro atoms. The molecular formula is C11H19N. The lowest BCUT2D eigenvalue weighted by molar-refractivity contribution is 0.0891. The second kappa shape index (κ2) is 3.09. The number of nitriles is 1. The molecule has 0 heterocycles. The Labute approximate surface area is 75.8 Å². The lowest BCUT2D eigenvalue weighted by Gasteiger charge is -2.41. The van der Waals surface area contributed by atoms with Crippen molar-refractivity contribution in [2.24, 2.45) is 23.2 Å². The predicted octanol–water partition coefficient (Wildman–Crippen LogP) is 3.22. The summed E-state index contributed by atoms with van der Waals surface area (Å²) in [7, 11) is 0. The van der Waals surface area contributed by atoms with Crippen molar-refractivity contribution in [1.29, 1.82) is 5.26 Å². The summed E-state index contributed by atoms with van der Waals surface area (Å²) in [5, 5.41) is 9.03. The summed E-state index contributed by atoms with van der Waals surface area (Å²) in [5.41, 5.74) is 0.228. The molecule has 1 rings (SSSR count). The van der Waals surface area contributed by atoms with Crippen molar-refractivity contribution in [1.82, 2.24) is 0 Å². The van der Waals surface area contributed by atoms with Gasteiger partial charge in [-0.05, 0) is 30.1 Å². The summed E-state index contributed by atoms with van der Waals surface area (Å²) in [4.78, 5) is 0. The van der Waals surface area contributed by atoms with Gasteiger partial charge in [-0.25, -0.2) is 0 Å². The van der Waals surface area contributed by atoms with Crippen LogP contribution < -0.4 is 0 Å². The van der Waals surface area contributed by atoms with Crippen LogP contribution in [0, 0.1) is 34.5 Å². The third-order valence-electron chi connectivity index (χ3n) is 3.20. The fourth-order valence-electron chi connectivity index (χ4n) is 2.95. The van der Waals surface area contributed by atoms with E-state index in [1.807, 2.05) is 0 Å². The fourth-order valence-corrected chi connectivity index (χ4v) is 2.95. The predicted molar refractivity (Wildman–Crippen MR) is 50.4 cm³/mol. The molecule has 0 radical (unpaired) electrons. The number of hydrogen-bond acceptors (Lipinski definition) is 1. The third kappa shape index (κ3) is 1.63. The molecule has 3 unspecified atom stereocenters. The molecule has 0 amide bonds. The molecule has 0 aliphatic heterocycles. The maximum absolute atomic E-state index is 9.03. The van der Waals surface area contributed by atoms with Crippen LogP contribution in [0.5, 0.6) is 0 Å². The van der Waals surface area contributed by atoms with E-state index >= 15 is 0 Å². The van der Waals surface area contributed by atoms with Crippen molar-refractivity contribution in [3.8, 4) is 6.07 Å². The maximum atomic E-state index is 9.03. The van der Waals surface area contributed by atoms with Gasteiger partial charge in [-0.3, -0.25) is 0 Å². The molecule has 1 fully saturated rings. The molecule has 0 saturated heterocycles. The first kappa shape index (κ1) is 9.58. The average Bonchev–Trinajstić information content (AvgIpc) is 1.82. The first-order chi connectivity index (χ1) is 5.47. The highest BCUT2D eigenvalue weighted by atomic mass is 14.5. The van der Waals surface area contributed by atoms with Crippen LogP contribution in [-0.2, 0) is 0 Å². The Balaban J connectivity index is 2.79. The van der Waals surface area contributed by atoms with E-state index in [2.05, 4.69) is 33.8 Å². The maximum Gasteiger partial charge on any atom is 0.0664 e. The molecule has 1 nitrogen and oxygen atoms in total. The van der Waals surface area contributed by atoms with E-state index in [4.69, 9.17) is 5.26 Å². The van der Waals surface area contributed by atoms with Crippen molar-refractivity contribution >= 4 is 0 Å². The molecular weight excluding hydrogens is 146 g/mol. The van der Waals surface area contributed by atoms with Crippen LogP contribution in [-0.4, -0.2) is 0 Å². The number of rotatable bonds is 0. The Morgan fingerprint density at radius 1 is 1.33 bits per heavy atom. The van der Waals surface area contributed by atoms with Gasteiger partial charge in [0, 0.05) is 0 Å². The zero-order chi connectivity index (χ0) is 9.35. The zero-order valence-corrected chi connectivity index (χ0v) is 8.59. The number of hydrogen-bond donors (Lipinski definition) is 0. The van der Waals surface area contributed by atoms with Gasteiger partial charge in [0.05, 0.1) is 12.0 Å². The largest absolute Gasteiger partial charge is 0.198 e. The van der Waals surface area contributed by atoms with E-state index in [1.54, 1.807) is 0 Å². The summed E-state index contributed by atoms with van der Waals surface area (Å²) in [5.74, 6) is 1.63. The molecule has 0 bridgehead atoms. The van der Waals surface area contributed by atoms with Crippen LogP contribution in [0.25, 0.3) is 0 Å². The Kier molecular flexibility index (Phi) is 2.46. The highest BCUT2D eigenvalue weighted by Crippen LogP contribution is 2.45. The smallest absolute Gasteiger partial charge is 0.0664 e. The Morgan fingerprint density at radius 3 is 2.33 bits per heavy atom. The molecule has 1 saturated carbocycles. The van der Waals surface area contributed by atoms with E-state index in [9.17, 15) is 0 Å². The SMILES string of the molecule is CC1CC(C)C(C#N)C(C)(C)C1. The fraction of sp³-hybridized carbons (Fsp3) is 0.909. The van der Waals surface area contributed by atoms with Crippen molar-refractivity contribution in [3.63, 3.8) is 0 Å². The molecule has 68 valence electrons. The Bertz CT molecular complexity index is 200. The van der Waals surface area contributed by atoms with Crippen LogP contribution in [0.4, 0.5) is 0 Å². The van der Waals surface area contributed by atoms with Crippen LogP contribution >= 0.6 is 0 Å². The van der Waals surface area contributed by atoms with Crippen molar-refractivity contribution in [2.45, 2.75) is 40.5 Å². The standard InChI is InChI=1S/C11H19N/c1-8-5-9(2)10(7-12)11(3,4)6-8/h8-10H,5-6H2,1-4H3. The van der Waals surface area contributed by atoms with Crippen LogP contribution in [0.3, 0.4) is 0 Å². The van der Waals surface area contributed by atoms with Gasteiger partial charge >= 0.3 is 0 Å². The van der Waals surface area contributed by atoms with Gasteiger partial charge in [0.1, 0.15) is 0 Å². The topological polar surface area (TPSA) is 23.8 Å². The van der Waals surface area contributed by atoms with Crippen molar-refractivity contribution in [2.75, 3.05) is 0 Å². The van der Waals surface area contributed by atoms with E-state index in [0.29, 0.717) is 5.92 Å². The minimum Gasteiger partial charge on any atom is -0.198 e. The van der Waals surface area contributed by atoms with E-state index < -0.39 is 0 Å². The molecule has 0 N–H and O–H groups in total. The molecule has 12 heavy (non-hydrogen) atoms. The lowest BCUT2D eigenvalue weighted by atomic mass is 9.62. The molecule has 1 aliphatic carbocycles. The highest BCUT2D eigenvalue weighted by molar-refractivity contribution is 5.00. The van der Waals surface area contributed by atoms with Gasteiger partial charge in [-0.1, -0.05) is 27.7 Å². The van der Waals surface area contributed by atoms with Crippen molar-refractivity contribution < 1.29 is 0 Å². The van der Waals surface area contributed by atoms with Gasteiger partial charge in [0.15, 0.2) is 0 Å². The molecule has 0 aromatic carbocycles. The van der Waals surface area contributed by atoms with E-state index in [0.717, 1.165) is 5.92 Å². The summed E-state index contributed by atoms with van der Waals surface area (Å²) >= 11 is 0. The quantitative estimate of drug-likeness (QED) is 0.540. The van der Waals surface area contributed by atoms with Crippen LogP contribution in [0.15, 0.2) is 0 Å². The van der Waals surface area contributed by atoms with E-state index in [-0.39, 0.29) is 11.3 Å². The van der Waals surface area contributed by atoms with E-state index in [1.165, 1.54) is 12.8 Å². The Morgan fingerprint density at radius 2 is 1.92 bits per heavy atom. The summed E-state index contributed by atoms with van der Waals surface area (Å²) in [6.07, 6.45) is 2.43. The first-order valence-corrected chi connectivity index (χ1v) is 4.87. The van der Waals surface area contributed by atoms with Crippen molar-refractivity contribution in [3.05, 3.63) is 0 Å². The van der Waals surface area contributed by atoms with Gasteiger partial charge in [0.25, 0.3) is 0 Å². The second-order valence-corrected chi connectivity index (χ2v) is 5.12. The van der Waals surface area contributed by atoms with Gasteiger partial charge in [-0.15, -0.1) is 0 Å². The Hall–Kier alpha value is -0.510. The summed E-state index contributed by atoms with van der Waals surface area (Å²) in [6, 6.07) is 2.46. The highest BCUT2D eigenvalue weighted by Gasteiger charge is 2.39. The average molecular weight is 165 g/mol. The van der Waals surface area contributed by atoms with Gasteiger partial charge in [-0.2, -0.15) is 5.26 Å². The van der Waals surface area contributed by atoms with Gasteiger partial charge < -0.3 is 0 Å².